The van der Waals surface area contributed by atoms with E-state index in [0.717, 1.165) is 30.4 Å². The standard InChI is InChI=1S/C17H21N5O3S/c1-21-16(19-20-17(21)26-2)12-4-3-7-22(12)9-15(23)18-11-5-6-13-14(8-11)25-10-24-13/h5-6,8,12H,3-4,7,9-10H2,1-2H3,(H,18,23). The fraction of sp³-hybridized carbons (Fsp3) is 0.471. The van der Waals surface area contributed by atoms with Gasteiger partial charge in [-0.1, -0.05) is 11.8 Å². The molecule has 0 spiro atoms. The molecule has 0 saturated carbocycles. The smallest absolute Gasteiger partial charge is 0.238 e. The number of thioether (sulfide) groups is 1. The molecule has 1 aromatic heterocycles. The van der Waals surface area contributed by atoms with Crippen LogP contribution in [0.3, 0.4) is 0 Å². The minimum absolute atomic E-state index is 0.0528. The first kappa shape index (κ1) is 17.2. The van der Waals surface area contributed by atoms with Crippen molar-refractivity contribution >= 4 is 23.4 Å². The summed E-state index contributed by atoms with van der Waals surface area (Å²) >= 11 is 1.57. The van der Waals surface area contributed by atoms with Crippen LogP contribution in [0.15, 0.2) is 23.4 Å². The second-order valence-corrected chi connectivity index (χ2v) is 7.12. The quantitative estimate of drug-likeness (QED) is 0.801. The molecule has 1 N–H and O–H groups in total. The molecule has 1 aromatic carbocycles. The second-order valence-electron chi connectivity index (χ2n) is 6.35. The lowest BCUT2D eigenvalue weighted by Gasteiger charge is -2.23. The molecule has 0 bridgehead atoms. The van der Waals surface area contributed by atoms with E-state index in [1.54, 1.807) is 23.9 Å². The lowest BCUT2D eigenvalue weighted by molar-refractivity contribution is -0.117. The minimum Gasteiger partial charge on any atom is -0.454 e. The van der Waals surface area contributed by atoms with Gasteiger partial charge < -0.3 is 19.4 Å². The van der Waals surface area contributed by atoms with Gasteiger partial charge in [0.1, 0.15) is 0 Å². The van der Waals surface area contributed by atoms with Gasteiger partial charge in [0.15, 0.2) is 22.5 Å². The average molecular weight is 375 g/mol. The fourth-order valence-electron chi connectivity index (χ4n) is 3.46. The van der Waals surface area contributed by atoms with E-state index in [2.05, 4.69) is 20.4 Å². The molecule has 8 nitrogen and oxygen atoms in total. The van der Waals surface area contributed by atoms with Crippen LogP contribution in [0.25, 0.3) is 0 Å². The lowest BCUT2D eigenvalue weighted by Crippen LogP contribution is -2.33. The molecular weight excluding hydrogens is 354 g/mol. The van der Waals surface area contributed by atoms with Gasteiger partial charge in [-0.05, 0) is 37.8 Å². The van der Waals surface area contributed by atoms with Gasteiger partial charge in [0.05, 0.1) is 12.6 Å². The van der Waals surface area contributed by atoms with Crippen LogP contribution in [0.4, 0.5) is 5.69 Å². The van der Waals surface area contributed by atoms with E-state index < -0.39 is 0 Å². The van der Waals surface area contributed by atoms with E-state index in [1.165, 1.54) is 0 Å². The molecule has 1 saturated heterocycles. The Morgan fingerprint density at radius 1 is 1.35 bits per heavy atom. The molecule has 2 aromatic rings. The van der Waals surface area contributed by atoms with E-state index in [-0.39, 0.29) is 18.7 Å². The number of ether oxygens (including phenoxy) is 2. The summed E-state index contributed by atoms with van der Waals surface area (Å²) in [6.07, 6.45) is 4.01. The van der Waals surface area contributed by atoms with E-state index in [4.69, 9.17) is 9.47 Å². The summed E-state index contributed by atoms with van der Waals surface area (Å²) in [5.41, 5.74) is 0.707. The van der Waals surface area contributed by atoms with Crippen LogP contribution in [-0.2, 0) is 11.8 Å². The maximum absolute atomic E-state index is 12.5. The molecule has 1 amide bonds. The number of anilines is 1. The van der Waals surface area contributed by atoms with Crippen molar-refractivity contribution in [3.63, 3.8) is 0 Å². The van der Waals surface area contributed by atoms with E-state index >= 15 is 0 Å². The summed E-state index contributed by atoms with van der Waals surface area (Å²) in [5.74, 6) is 2.23. The Morgan fingerprint density at radius 3 is 3.00 bits per heavy atom. The first-order valence-electron chi connectivity index (χ1n) is 8.52. The monoisotopic (exact) mass is 375 g/mol. The highest BCUT2D eigenvalue weighted by Crippen LogP contribution is 2.34. The number of fused-ring (bicyclic) bond motifs is 1. The van der Waals surface area contributed by atoms with Crippen LogP contribution in [0, 0.1) is 0 Å². The Hall–Kier alpha value is -2.26. The van der Waals surface area contributed by atoms with Crippen molar-refractivity contribution in [3.8, 4) is 11.5 Å². The summed E-state index contributed by atoms with van der Waals surface area (Å²) in [7, 11) is 1.98. The zero-order valence-electron chi connectivity index (χ0n) is 14.8. The van der Waals surface area contributed by atoms with Crippen molar-refractivity contribution in [1.29, 1.82) is 0 Å². The molecule has 0 radical (unpaired) electrons. The van der Waals surface area contributed by atoms with E-state index in [1.807, 2.05) is 23.9 Å². The number of carbonyl (C=O) groups is 1. The van der Waals surface area contributed by atoms with Crippen LogP contribution in [0.5, 0.6) is 11.5 Å². The van der Waals surface area contributed by atoms with Gasteiger partial charge in [-0.3, -0.25) is 9.69 Å². The van der Waals surface area contributed by atoms with Gasteiger partial charge >= 0.3 is 0 Å². The largest absolute Gasteiger partial charge is 0.454 e. The van der Waals surface area contributed by atoms with Gasteiger partial charge in [-0.25, -0.2) is 0 Å². The fourth-order valence-corrected chi connectivity index (χ4v) is 3.95. The lowest BCUT2D eigenvalue weighted by atomic mass is 10.2. The van der Waals surface area contributed by atoms with Crippen LogP contribution in [-0.4, -0.2) is 51.7 Å². The van der Waals surface area contributed by atoms with Crippen molar-refractivity contribution in [3.05, 3.63) is 24.0 Å². The molecule has 26 heavy (non-hydrogen) atoms. The maximum Gasteiger partial charge on any atom is 0.238 e. The van der Waals surface area contributed by atoms with Crippen molar-refractivity contribution in [2.75, 3.05) is 31.5 Å². The highest BCUT2D eigenvalue weighted by atomic mass is 32.2. The number of aromatic nitrogens is 3. The summed E-state index contributed by atoms with van der Waals surface area (Å²) in [6.45, 7) is 1.42. The van der Waals surface area contributed by atoms with Gasteiger partial charge in [0.25, 0.3) is 0 Å². The molecule has 4 rings (SSSR count). The Morgan fingerprint density at radius 2 is 2.19 bits per heavy atom. The number of likely N-dealkylation sites (tertiary alicyclic amines) is 1. The zero-order chi connectivity index (χ0) is 18.1. The third-order valence-corrected chi connectivity index (χ3v) is 5.44. The minimum atomic E-state index is -0.0528. The molecular formula is C17H21N5O3S. The second kappa shape index (κ2) is 7.16. The molecule has 2 aliphatic rings. The van der Waals surface area contributed by atoms with Crippen LogP contribution < -0.4 is 14.8 Å². The third-order valence-electron chi connectivity index (χ3n) is 4.72. The van der Waals surface area contributed by atoms with Crippen LogP contribution in [0.2, 0.25) is 0 Å². The highest BCUT2D eigenvalue weighted by Gasteiger charge is 2.31. The van der Waals surface area contributed by atoms with E-state index in [0.29, 0.717) is 23.7 Å². The molecule has 3 heterocycles. The Labute approximate surface area is 155 Å². The molecule has 1 atom stereocenters. The third kappa shape index (κ3) is 3.24. The first-order valence-corrected chi connectivity index (χ1v) is 9.75. The number of hydrogen-bond acceptors (Lipinski definition) is 7. The molecule has 1 unspecified atom stereocenters. The number of carbonyl (C=O) groups excluding carboxylic acids is 1. The Kier molecular flexibility index (Phi) is 4.73. The predicted octanol–water partition coefficient (Wildman–Crippen LogP) is 2.04. The normalized spacial score (nSPS) is 19.1. The molecule has 138 valence electrons. The van der Waals surface area contributed by atoms with E-state index in [9.17, 15) is 4.79 Å². The number of amides is 1. The van der Waals surface area contributed by atoms with Crippen molar-refractivity contribution < 1.29 is 14.3 Å². The summed E-state index contributed by atoms with van der Waals surface area (Å²) in [6, 6.07) is 5.53. The SMILES string of the molecule is CSc1nnc(C2CCCN2CC(=O)Nc2ccc3c(c2)OCO3)n1C. The summed E-state index contributed by atoms with van der Waals surface area (Å²) < 4.78 is 12.7. The maximum atomic E-state index is 12.5. The van der Waals surface area contributed by atoms with Crippen molar-refractivity contribution in [1.82, 2.24) is 19.7 Å². The highest BCUT2D eigenvalue weighted by molar-refractivity contribution is 7.98. The molecule has 1 fully saturated rings. The Balaban J connectivity index is 1.42. The van der Waals surface area contributed by atoms with Crippen molar-refractivity contribution in [2.45, 2.75) is 24.0 Å². The summed E-state index contributed by atoms with van der Waals surface area (Å²) in [5, 5.41) is 12.4. The zero-order valence-corrected chi connectivity index (χ0v) is 15.6. The van der Waals surface area contributed by atoms with Gasteiger partial charge in [-0.2, -0.15) is 0 Å². The van der Waals surface area contributed by atoms with Crippen LogP contribution in [0.1, 0.15) is 24.7 Å². The van der Waals surface area contributed by atoms with Gasteiger partial charge in [0.2, 0.25) is 12.7 Å². The molecule has 2 aliphatic heterocycles. The first-order chi connectivity index (χ1) is 12.7. The van der Waals surface area contributed by atoms with Crippen molar-refractivity contribution in [2.24, 2.45) is 7.05 Å². The topological polar surface area (TPSA) is 81.5 Å². The number of rotatable bonds is 5. The van der Waals surface area contributed by atoms with Gasteiger partial charge in [0, 0.05) is 18.8 Å². The summed E-state index contributed by atoms with van der Waals surface area (Å²) in [4.78, 5) is 14.7. The number of nitrogens with one attached hydrogen (secondary N) is 1. The number of hydrogen-bond donors (Lipinski definition) is 1. The molecule has 0 aliphatic carbocycles. The van der Waals surface area contributed by atoms with Crippen LogP contribution >= 0.6 is 11.8 Å². The number of benzene rings is 1. The molecule has 9 heteroatoms. The average Bonchev–Trinajstić information content (AvgIpc) is 3.34. The Bertz CT molecular complexity index is 825. The predicted molar refractivity (Wildman–Crippen MR) is 97.5 cm³/mol. The van der Waals surface area contributed by atoms with Gasteiger partial charge in [-0.15, -0.1) is 10.2 Å². The number of nitrogens with zero attached hydrogens (tertiary/aromatic N) is 4.